The van der Waals surface area contributed by atoms with E-state index in [1.54, 1.807) is 14.2 Å². The van der Waals surface area contributed by atoms with Crippen LogP contribution >= 0.6 is 0 Å². The van der Waals surface area contributed by atoms with E-state index in [4.69, 9.17) is 8.85 Å². The van der Waals surface area contributed by atoms with Gasteiger partial charge >= 0.3 is 8.56 Å². The van der Waals surface area contributed by atoms with Crippen LogP contribution in [0.25, 0.3) is 0 Å². The molecule has 0 saturated carbocycles. The molecule has 0 heterocycles. The third-order valence-corrected chi connectivity index (χ3v) is 16.7. The summed E-state index contributed by atoms with van der Waals surface area (Å²) >= 11 is 0. The van der Waals surface area contributed by atoms with Crippen molar-refractivity contribution >= 4 is 16.8 Å². The van der Waals surface area contributed by atoms with Crippen molar-refractivity contribution in [1.82, 2.24) is 4.57 Å². The summed E-state index contributed by atoms with van der Waals surface area (Å²) in [6.45, 7) is 19.2. The van der Waals surface area contributed by atoms with Gasteiger partial charge < -0.3 is 13.4 Å². The van der Waals surface area contributed by atoms with Gasteiger partial charge in [-0.15, -0.1) is 0 Å². The standard InChI is InChI=1S/C23H45NO2Si2/c1-20(2)28(21(3)4,22(5)6)24(19-23-15-11-10-12-16-23)17-13-14-18-27(9,25-7)26-8/h10-12,15-16,20-22H,13-14,17-19H2,1-9H3. The van der Waals surface area contributed by atoms with Crippen molar-refractivity contribution in [2.45, 2.75) is 90.1 Å². The maximum atomic E-state index is 5.68. The van der Waals surface area contributed by atoms with Gasteiger partial charge in [-0.1, -0.05) is 78.3 Å². The van der Waals surface area contributed by atoms with Gasteiger partial charge in [0.2, 0.25) is 0 Å². The van der Waals surface area contributed by atoms with Gasteiger partial charge in [0.15, 0.2) is 0 Å². The maximum absolute atomic E-state index is 5.68. The van der Waals surface area contributed by atoms with Gasteiger partial charge in [-0.25, -0.2) is 0 Å². The molecule has 28 heavy (non-hydrogen) atoms. The van der Waals surface area contributed by atoms with Crippen molar-refractivity contribution in [3.8, 4) is 0 Å². The Morgan fingerprint density at radius 3 is 1.75 bits per heavy atom. The van der Waals surface area contributed by atoms with E-state index in [2.05, 4.69) is 83.0 Å². The zero-order chi connectivity index (χ0) is 21.4. The molecule has 162 valence electrons. The molecule has 0 unspecified atom stereocenters. The highest BCUT2D eigenvalue weighted by Crippen LogP contribution is 2.44. The first-order valence-electron chi connectivity index (χ1n) is 11.0. The van der Waals surface area contributed by atoms with E-state index < -0.39 is 16.8 Å². The normalized spacial score (nSPS) is 13.3. The van der Waals surface area contributed by atoms with Gasteiger partial charge in [0.1, 0.15) is 8.24 Å². The lowest BCUT2D eigenvalue weighted by molar-refractivity contribution is 0.247. The number of hydrogen-bond donors (Lipinski definition) is 0. The summed E-state index contributed by atoms with van der Waals surface area (Å²) in [5, 5.41) is 0. The molecule has 1 aromatic carbocycles. The summed E-state index contributed by atoms with van der Waals surface area (Å²) in [5.41, 5.74) is 3.63. The quantitative estimate of drug-likeness (QED) is 0.257. The van der Waals surface area contributed by atoms with E-state index in [9.17, 15) is 0 Å². The first kappa shape index (κ1) is 25.6. The van der Waals surface area contributed by atoms with Crippen LogP contribution in [-0.2, 0) is 15.4 Å². The Labute approximate surface area is 177 Å². The Hall–Kier alpha value is -0.466. The SMILES string of the molecule is CO[Si](C)(CCCCN(Cc1ccccc1)[Si](C(C)C)(C(C)C)C(C)C)OC. The predicted octanol–water partition coefficient (Wildman–Crippen LogP) is 6.81. The molecule has 0 aliphatic carbocycles. The summed E-state index contributed by atoms with van der Waals surface area (Å²) in [5.74, 6) is 0. The van der Waals surface area contributed by atoms with Crippen LogP contribution in [0.15, 0.2) is 30.3 Å². The van der Waals surface area contributed by atoms with Crippen LogP contribution in [0, 0.1) is 0 Å². The number of unbranched alkanes of at least 4 members (excludes halogenated alkanes) is 1. The minimum Gasteiger partial charge on any atom is -0.398 e. The molecule has 0 bridgehead atoms. The molecule has 0 aromatic heterocycles. The summed E-state index contributed by atoms with van der Waals surface area (Å²) in [6, 6.07) is 12.1. The van der Waals surface area contributed by atoms with Gasteiger partial charge in [-0.3, -0.25) is 0 Å². The Bertz CT molecular complexity index is 523. The molecule has 0 aliphatic rings. The average Bonchev–Trinajstić information content (AvgIpc) is 2.65. The number of nitrogens with zero attached hydrogens (tertiary/aromatic N) is 1. The van der Waals surface area contributed by atoms with Gasteiger partial charge in [-0.05, 0) is 47.7 Å². The van der Waals surface area contributed by atoms with Gasteiger partial charge in [0.25, 0.3) is 0 Å². The molecule has 0 fully saturated rings. The van der Waals surface area contributed by atoms with Gasteiger partial charge in [0, 0.05) is 20.8 Å². The minimum atomic E-state index is -1.96. The van der Waals surface area contributed by atoms with Crippen molar-refractivity contribution < 1.29 is 8.85 Å². The Morgan fingerprint density at radius 1 is 0.821 bits per heavy atom. The molecule has 1 aromatic rings. The lowest BCUT2D eigenvalue weighted by atomic mass is 10.2. The molecule has 0 amide bonds. The summed E-state index contributed by atoms with van der Waals surface area (Å²) in [6.07, 6.45) is 2.39. The zero-order valence-corrected chi connectivity index (χ0v) is 21.9. The Morgan fingerprint density at radius 2 is 1.32 bits per heavy atom. The van der Waals surface area contributed by atoms with E-state index in [1.807, 2.05) is 0 Å². The van der Waals surface area contributed by atoms with Crippen molar-refractivity contribution in [1.29, 1.82) is 0 Å². The lowest BCUT2D eigenvalue weighted by Gasteiger charge is -2.51. The molecule has 0 aliphatic heterocycles. The first-order chi connectivity index (χ1) is 13.1. The average molecular weight is 424 g/mol. The first-order valence-corrected chi connectivity index (χ1v) is 15.7. The van der Waals surface area contributed by atoms with E-state index in [0.29, 0.717) is 0 Å². The van der Waals surface area contributed by atoms with Crippen LogP contribution in [0.4, 0.5) is 0 Å². The Kier molecular flexibility index (Phi) is 10.6. The second-order valence-corrected chi connectivity index (χ2v) is 18.7. The molecular formula is C23H45NO2Si2. The maximum Gasteiger partial charge on any atom is 0.334 e. The van der Waals surface area contributed by atoms with Crippen molar-refractivity contribution in [2.75, 3.05) is 20.8 Å². The van der Waals surface area contributed by atoms with Crippen LogP contribution in [0.3, 0.4) is 0 Å². The molecule has 0 atom stereocenters. The molecular weight excluding hydrogens is 378 g/mol. The van der Waals surface area contributed by atoms with E-state index in [0.717, 1.165) is 29.2 Å². The monoisotopic (exact) mass is 423 g/mol. The van der Waals surface area contributed by atoms with Crippen molar-refractivity contribution in [3.63, 3.8) is 0 Å². The number of rotatable bonds is 13. The second-order valence-electron chi connectivity index (χ2n) is 9.26. The summed E-state index contributed by atoms with van der Waals surface area (Å²) in [7, 11) is -0.0376. The summed E-state index contributed by atoms with van der Waals surface area (Å²) in [4.78, 5) is 0. The highest BCUT2D eigenvalue weighted by molar-refractivity contribution is 6.80. The topological polar surface area (TPSA) is 21.7 Å². The fraction of sp³-hybridized carbons (Fsp3) is 0.739. The van der Waals surface area contributed by atoms with E-state index in [1.165, 1.54) is 24.9 Å². The summed E-state index contributed by atoms with van der Waals surface area (Å²) < 4.78 is 14.3. The van der Waals surface area contributed by atoms with Crippen molar-refractivity contribution in [3.05, 3.63) is 35.9 Å². The molecule has 0 N–H and O–H groups in total. The smallest absolute Gasteiger partial charge is 0.334 e. The highest BCUT2D eigenvalue weighted by atomic mass is 28.4. The predicted molar refractivity (Wildman–Crippen MR) is 128 cm³/mol. The van der Waals surface area contributed by atoms with E-state index >= 15 is 0 Å². The molecule has 0 saturated heterocycles. The van der Waals surface area contributed by atoms with E-state index in [-0.39, 0.29) is 0 Å². The van der Waals surface area contributed by atoms with Crippen LogP contribution in [-0.4, -0.2) is 42.1 Å². The van der Waals surface area contributed by atoms with Crippen LogP contribution in [0.1, 0.15) is 59.9 Å². The van der Waals surface area contributed by atoms with Gasteiger partial charge in [-0.2, -0.15) is 0 Å². The Balaban J connectivity index is 3.04. The molecule has 1 rings (SSSR count). The third kappa shape index (κ3) is 6.26. The molecule has 0 spiro atoms. The van der Waals surface area contributed by atoms with Crippen LogP contribution in [0.2, 0.25) is 29.2 Å². The third-order valence-electron chi connectivity index (χ3n) is 6.71. The lowest BCUT2D eigenvalue weighted by Crippen LogP contribution is -2.60. The molecule has 5 heteroatoms. The van der Waals surface area contributed by atoms with Crippen molar-refractivity contribution in [2.24, 2.45) is 0 Å². The van der Waals surface area contributed by atoms with Crippen LogP contribution in [0.5, 0.6) is 0 Å². The molecule has 3 nitrogen and oxygen atoms in total. The molecule has 0 radical (unpaired) electrons. The van der Waals surface area contributed by atoms with Crippen LogP contribution < -0.4 is 0 Å². The fourth-order valence-electron chi connectivity index (χ4n) is 5.35. The number of benzene rings is 1. The zero-order valence-electron chi connectivity index (χ0n) is 19.9. The largest absolute Gasteiger partial charge is 0.398 e. The fourth-order valence-corrected chi connectivity index (χ4v) is 14.0. The minimum absolute atomic E-state index is 0.730. The second kappa shape index (κ2) is 11.7. The number of hydrogen-bond acceptors (Lipinski definition) is 3. The van der Waals surface area contributed by atoms with Gasteiger partial charge in [0.05, 0.1) is 0 Å². The highest BCUT2D eigenvalue weighted by Gasteiger charge is 2.47.